The smallest absolute Gasteiger partial charge is 0.328 e. The zero-order chi connectivity index (χ0) is 63.5. The van der Waals surface area contributed by atoms with E-state index in [4.69, 9.17) is 71.7 Å². The highest BCUT2D eigenvalue weighted by molar-refractivity contribution is 14.1. The van der Waals surface area contributed by atoms with Gasteiger partial charge in [0.05, 0.1) is 99.6 Å². The average molecular weight is 1390 g/mol. The number of hydrogen-bond acceptors (Lipinski definition) is 21. The molecule has 0 radical (unpaired) electrons. The molecule has 12 rings (SSSR count). The standard InChI is InChI=1S/2C26H39N3O4.C5H9IO2.C5H10O3.C4H4O4.CH4/c2*1-28(2)16-22-24(32-18-20-4-5-20)9-7-21-23(27-33-26(21)22)8-6-19-10-12-29(13-11-19)17-25-30-14-3-15-31-25;2*6-4-5-7-2-1-3-8-5;5-3(6)1-2-4(7)8;/h2*7,9,19-20,25H,3-6,8,10-18H2,1-2H3;5H,1-4H2;5-6H,1-4H2;1-2H,(H,5,6)(H,7,8);1H4/b;;;;2-1+;. The number of aryl methyl sites for hydroxylation is 2. The lowest BCUT2D eigenvalue weighted by Crippen LogP contribution is -2.42. The van der Waals surface area contributed by atoms with Crippen LogP contribution in [-0.2, 0) is 73.4 Å². The Balaban J connectivity index is 0.000000188. The van der Waals surface area contributed by atoms with Gasteiger partial charge in [-0.15, -0.1) is 0 Å². The number of carboxylic acid groups (broad SMARTS) is 2. The summed E-state index contributed by atoms with van der Waals surface area (Å²) < 4.78 is 68.2. The number of piperidine rings is 2. The monoisotopic (exact) mass is 1390 g/mol. The number of halogens is 1. The Bertz CT molecular complexity index is 2540. The van der Waals surface area contributed by atoms with Crippen LogP contribution in [0, 0.1) is 23.7 Å². The van der Waals surface area contributed by atoms with Crippen LogP contribution in [0.5, 0.6) is 11.5 Å². The zero-order valence-corrected chi connectivity index (χ0v) is 55.8. The van der Waals surface area contributed by atoms with E-state index in [0.717, 1.165) is 241 Å². The van der Waals surface area contributed by atoms with Crippen LogP contribution < -0.4 is 9.47 Å². The summed E-state index contributed by atoms with van der Waals surface area (Å²) in [4.78, 5) is 28.4. The molecule has 8 fully saturated rings. The summed E-state index contributed by atoms with van der Waals surface area (Å²) in [5.74, 6) is 2.32. The Morgan fingerprint density at radius 1 is 0.538 bits per heavy atom. The molecular weight excluding hydrogens is 1290 g/mol. The number of carboxylic acids is 2. The van der Waals surface area contributed by atoms with Crippen LogP contribution in [0.15, 0.2) is 45.5 Å². The predicted molar refractivity (Wildman–Crippen MR) is 353 cm³/mol. The van der Waals surface area contributed by atoms with Gasteiger partial charge in [0.15, 0.2) is 36.3 Å². The van der Waals surface area contributed by atoms with Crippen molar-refractivity contribution in [1.82, 2.24) is 29.9 Å². The highest BCUT2D eigenvalue weighted by Crippen LogP contribution is 2.37. The molecule has 23 nitrogen and oxygen atoms in total. The van der Waals surface area contributed by atoms with E-state index in [1.165, 1.54) is 51.4 Å². The Hall–Kier alpha value is -4.13. The molecular formula is C67H105IN6O17. The molecule has 0 amide bonds. The first-order valence-corrected chi connectivity index (χ1v) is 34.4. The summed E-state index contributed by atoms with van der Waals surface area (Å²) >= 11 is 2.26. The van der Waals surface area contributed by atoms with E-state index in [0.29, 0.717) is 25.4 Å². The van der Waals surface area contributed by atoms with Crippen LogP contribution in [-0.4, -0.2) is 227 Å². The summed E-state index contributed by atoms with van der Waals surface area (Å²) in [7, 11) is 8.33. The van der Waals surface area contributed by atoms with Gasteiger partial charge in [0, 0.05) is 49.1 Å². The quantitative estimate of drug-likeness (QED) is 0.0335. The average Bonchev–Trinajstić information content (AvgIpc) is 3.29. The molecule has 512 valence electrons. The highest BCUT2D eigenvalue weighted by atomic mass is 127. The SMILES string of the molecule is C.CN(C)Cc1c(OCC2CC2)ccc2c(CCC3CCN(CC4OCCCO4)CC3)noc12.CN(C)Cc1c(OCC2CC2)ccc2c(CCC3CCN(CC4OCCCO4)CC3)noc12.ICC1OCCCO1.O=C(O)/C=C/C(=O)O.OCC1OCCCO1. The lowest BCUT2D eigenvalue weighted by Gasteiger charge is -2.35. The third-order valence-corrected chi connectivity index (χ3v) is 17.6. The molecule has 0 bridgehead atoms. The van der Waals surface area contributed by atoms with Gasteiger partial charge >= 0.3 is 11.9 Å². The van der Waals surface area contributed by atoms with Crippen molar-refractivity contribution in [2.45, 2.75) is 148 Å². The molecule has 8 aliphatic rings. The van der Waals surface area contributed by atoms with Crippen LogP contribution in [0.4, 0.5) is 0 Å². The van der Waals surface area contributed by atoms with Crippen molar-refractivity contribution in [2.24, 2.45) is 23.7 Å². The van der Waals surface area contributed by atoms with Crippen LogP contribution >= 0.6 is 22.6 Å². The molecule has 2 saturated carbocycles. The van der Waals surface area contributed by atoms with Crippen molar-refractivity contribution in [1.29, 1.82) is 0 Å². The minimum atomic E-state index is -1.26. The van der Waals surface area contributed by atoms with Crippen molar-refractivity contribution in [3.63, 3.8) is 0 Å². The van der Waals surface area contributed by atoms with Gasteiger partial charge < -0.3 is 81.5 Å². The number of nitrogens with zero attached hydrogens (tertiary/aromatic N) is 6. The first-order chi connectivity index (χ1) is 43.8. The minimum absolute atomic E-state index is 0. The van der Waals surface area contributed by atoms with Crippen molar-refractivity contribution >= 4 is 56.5 Å². The van der Waals surface area contributed by atoms with Gasteiger partial charge in [-0.2, -0.15) is 0 Å². The number of aliphatic hydroxyl groups is 1. The second-order valence-electron chi connectivity index (χ2n) is 25.1. The topological polar surface area (TPSA) is 252 Å². The largest absolute Gasteiger partial charge is 0.493 e. The van der Waals surface area contributed by atoms with Gasteiger partial charge in [0.25, 0.3) is 0 Å². The zero-order valence-electron chi connectivity index (χ0n) is 53.7. The van der Waals surface area contributed by atoms with Crippen LogP contribution in [0.1, 0.15) is 120 Å². The molecule has 91 heavy (non-hydrogen) atoms. The van der Waals surface area contributed by atoms with Crippen LogP contribution in [0.25, 0.3) is 21.9 Å². The molecule has 6 saturated heterocycles. The normalized spacial score (nSPS) is 20.4. The molecule has 4 aromatic rings. The number of fused-ring (bicyclic) bond motifs is 2. The number of benzene rings is 2. The second kappa shape index (κ2) is 40.3. The summed E-state index contributed by atoms with van der Waals surface area (Å²) in [6.07, 6.45) is 19.1. The fraction of sp³-hybridized carbons (Fsp3) is 0.731. The molecule has 2 aromatic carbocycles. The van der Waals surface area contributed by atoms with E-state index in [1.54, 1.807) is 0 Å². The van der Waals surface area contributed by atoms with Gasteiger partial charge in [0.1, 0.15) is 11.5 Å². The van der Waals surface area contributed by atoms with Gasteiger partial charge in [-0.3, -0.25) is 9.80 Å². The number of alkyl halides is 1. The Labute approximate surface area is 552 Å². The lowest BCUT2D eigenvalue weighted by molar-refractivity contribution is -0.194. The maximum absolute atomic E-state index is 9.55. The number of carbonyl (C=O) groups is 2. The number of hydrogen-bond donors (Lipinski definition) is 3. The lowest BCUT2D eigenvalue weighted by atomic mass is 9.91. The number of ether oxygens (including phenoxy) is 10. The Morgan fingerprint density at radius 3 is 1.19 bits per heavy atom. The van der Waals surface area contributed by atoms with Crippen molar-refractivity contribution in [3.8, 4) is 11.5 Å². The number of aliphatic hydroxyl groups excluding tert-OH is 1. The number of aliphatic carboxylic acids is 2. The van der Waals surface area contributed by atoms with E-state index in [9.17, 15) is 9.59 Å². The van der Waals surface area contributed by atoms with E-state index < -0.39 is 11.9 Å². The van der Waals surface area contributed by atoms with Crippen molar-refractivity contribution in [2.75, 3.05) is 145 Å². The molecule has 0 spiro atoms. The highest BCUT2D eigenvalue weighted by Gasteiger charge is 2.29. The fourth-order valence-electron chi connectivity index (χ4n) is 11.4. The second-order valence-corrected chi connectivity index (χ2v) is 26.0. The van der Waals surface area contributed by atoms with Gasteiger partial charge in [0.2, 0.25) is 0 Å². The minimum Gasteiger partial charge on any atom is -0.493 e. The van der Waals surface area contributed by atoms with Gasteiger partial charge in [-0.25, -0.2) is 9.59 Å². The van der Waals surface area contributed by atoms with E-state index in [2.05, 4.69) is 105 Å². The molecule has 0 atom stereocenters. The molecule has 2 aliphatic carbocycles. The predicted octanol–water partition coefficient (Wildman–Crippen LogP) is 9.45. The van der Waals surface area contributed by atoms with E-state index in [-0.39, 0.29) is 39.2 Å². The molecule has 3 N–H and O–H groups in total. The third kappa shape index (κ3) is 26.5. The van der Waals surface area contributed by atoms with Crippen LogP contribution in [0.3, 0.4) is 0 Å². The summed E-state index contributed by atoms with van der Waals surface area (Å²) in [5.41, 5.74) is 6.22. The van der Waals surface area contributed by atoms with E-state index in [1.807, 2.05) is 0 Å². The number of likely N-dealkylation sites (tertiary alicyclic amines) is 2. The summed E-state index contributed by atoms with van der Waals surface area (Å²) in [6, 6.07) is 8.54. The van der Waals surface area contributed by atoms with Crippen molar-refractivity contribution in [3.05, 3.63) is 58.9 Å². The Morgan fingerprint density at radius 2 is 0.890 bits per heavy atom. The van der Waals surface area contributed by atoms with Gasteiger partial charge in [-0.05, 0) is 205 Å². The first-order valence-electron chi connectivity index (χ1n) is 32.8. The Kier molecular flexibility index (Phi) is 32.9. The van der Waals surface area contributed by atoms with Crippen LogP contribution in [0.2, 0.25) is 0 Å². The molecule has 0 unspecified atom stereocenters. The number of aromatic nitrogens is 2. The molecule has 8 heterocycles. The summed E-state index contributed by atoms with van der Waals surface area (Å²) in [5, 5.41) is 35.4. The van der Waals surface area contributed by atoms with E-state index >= 15 is 0 Å². The van der Waals surface area contributed by atoms with Gasteiger partial charge in [-0.1, -0.05) is 40.3 Å². The molecule has 24 heteroatoms. The molecule has 2 aromatic heterocycles. The fourth-order valence-corrected chi connectivity index (χ4v) is 12.0. The first kappa shape index (κ1) is 74.3. The summed E-state index contributed by atoms with van der Waals surface area (Å²) in [6.45, 7) is 16.0. The maximum atomic E-state index is 9.55. The molecule has 6 aliphatic heterocycles. The maximum Gasteiger partial charge on any atom is 0.328 e. The third-order valence-electron chi connectivity index (χ3n) is 16.9. The number of rotatable bonds is 24. The van der Waals surface area contributed by atoms with Crippen molar-refractivity contribution < 1.29 is 81.3 Å².